The van der Waals surface area contributed by atoms with Crippen molar-refractivity contribution in [1.82, 2.24) is 25.4 Å². The van der Waals surface area contributed by atoms with Crippen LogP contribution in [0.15, 0.2) is 5.10 Å². The van der Waals surface area contributed by atoms with Crippen LogP contribution in [-0.4, -0.2) is 64.4 Å². The highest BCUT2D eigenvalue weighted by atomic mass is 16.5. The van der Waals surface area contributed by atoms with Crippen LogP contribution >= 0.6 is 0 Å². The van der Waals surface area contributed by atoms with Crippen LogP contribution in [0.25, 0.3) is 0 Å². The van der Waals surface area contributed by atoms with Crippen molar-refractivity contribution in [2.75, 3.05) is 26.2 Å². The minimum absolute atomic E-state index is 0.0330. The van der Waals surface area contributed by atoms with Gasteiger partial charge in [-0.3, -0.25) is 19.1 Å². The molecule has 150 valence electrons. The van der Waals surface area contributed by atoms with E-state index in [0.29, 0.717) is 50.6 Å². The lowest BCUT2D eigenvalue weighted by molar-refractivity contribution is -0.121. The van der Waals surface area contributed by atoms with Gasteiger partial charge in [0.15, 0.2) is 5.69 Å². The molecule has 3 aliphatic heterocycles. The molecule has 10 heteroatoms. The summed E-state index contributed by atoms with van der Waals surface area (Å²) in [5.74, 6) is -0.510. The number of carbonyl (C=O) groups excluding carboxylic acids is 3. The van der Waals surface area contributed by atoms with E-state index in [0.717, 1.165) is 37.2 Å². The number of ether oxygens (including phenoxy) is 1. The third kappa shape index (κ3) is 3.77. The Labute approximate surface area is 162 Å². The summed E-state index contributed by atoms with van der Waals surface area (Å²) < 4.78 is 7.36. The zero-order chi connectivity index (χ0) is 19.5. The Hall–Kier alpha value is -2.75. The lowest BCUT2D eigenvalue weighted by Gasteiger charge is -2.17. The van der Waals surface area contributed by atoms with Gasteiger partial charge in [-0.05, 0) is 12.8 Å². The standard InChI is InChI=1S/C18H24N6O4/c25-15-4-3-13(20-21-15)17(26)19-6-9-24-14-5-10-28-11-12(14)16(22-24)18(27)23-7-1-2-8-23/h1-11H2,(H,19,26)(H,21,25). The predicted octanol–water partition coefficient (Wildman–Crippen LogP) is -0.426. The number of hydrazone groups is 1. The molecule has 0 aliphatic carbocycles. The van der Waals surface area contributed by atoms with Crippen LogP contribution in [-0.2, 0) is 33.9 Å². The minimum atomic E-state index is -0.294. The van der Waals surface area contributed by atoms with E-state index >= 15 is 0 Å². The van der Waals surface area contributed by atoms with Crippen LogP contribution in [0, 0.1) is 0 Å². The van der Waals surface area contributed by atoms with E-state index in [9.17, 15) is 14.4 Å². The molecule has 0 unspecified atom stereocenters. The molecular weight excluding hydrogens is 364 g/mol. The molecule has 3 aliphatic rings. The van der Waals surface area contributed by atoms with Gasteiger partial charge in [0.05, 0.1) is 19.8 Å². The van der Waals surface area contributed by atoms with Crippen molar-refractivity contribution in [1.29, 1.82) is 0 Å². The second kappa shape index (κ2) is 8.09. The van der Waals surface area contributed by atoms with E-state index < -0.39 is 0 Å². The largest absolute Gasteiger partial charge is 0.376 e. The van der Waals surface area contributed by atoms with Crippen LogP contribution in [0.5, 0.6) is 0 Å². The predicted molar refractivity (Wildman–Crippen MR) is 98.5 cm³/mol. The van der Waals surface area contributed by atoms with Crippen LogP contribution in [0.1, 0.15) is 47.4 Å². The minimum Gasteiger partial charge on any atom is -0.376 e. The molecule has 10 nitrogen and oxygen atoms in total. The number of rotatable bonds is 5. The summed E-state index contributed by atoms with van der Waals surface area (Å²) in [4.78, 5) is 38.0. The summed E-state index contributed by atoms with van der Waals surface area (Å²) in [5, 5.41) is 11.2. The molecule has 3 amide bonds. The fraction of sp³-hybridized carbons (Fsp3) is 0.611. The van der Waals surface area contributed by atoms with Crippen LogP contribution < -0.4 is 10.7 Å². The molecule has 28 heavy (non-hydrogen) atoms. The molecule has 0 aromatic carbocycles. The molecule has 1 aromatic heterocycles. The van der Waals surface area contributed by atoms with Gasteiger partial charge in [0.25, 0.3) is 11.8 Å². The number of carbonyl (C=O) groups is 3. The summed E-state index contributed by atoms with van der Waals surface area (Å²) in [6, 6.07) is 0. The van der Waals surface area contributed by atoms with Gasteiger partial charge >= 0.3 is 0 Å². The summed E-state index contributed by atoms with van der Waals surface area (Å²) in [6.45, 7) is 3.36. The second-order valence-corrected chi connectivity index (χ2v) is 7.15. The summed E-state index contributed by atoms with van der Waals surface area (Å²) in [7, 11) is 0. The zero-order valence-corrected chi connectivity index (χ0v) is 15.7. The molecule has 0 spiro atoms. The molecule has 2 N–H and O–H groups in total. The van der Waals surface area contributed by atoms with Crippen molar-refractivity contribution in [2.24, 2.45) is 5.10 Å². The topological polar surface area (TPSA) is 118 Å². The van der Waals surface area contributed by atoms with Crippen molar-refractivity contribution in [3.8, 4) is 0 Å². The summed E-state index contributed by atoms with van der Waals surface area (Å²) >= 11 is 0. The van der Waals surface area contributed by atoms with E-state index in [1.54, 1.807) is 0 Å². The van der Waals surface area contributed by atoms with Gasteiger partial charge in [0.1, 0.15) is 5.71 Å². The van der Waals surface area contributed by atoms with Crippen LogP contribution in [0.3, 0.4) is 0 Å². The Bertz CT molecular complexity index is 824. The number of fused-ring (bicyclic) bond motifs is 1. The fourth-order valence-electron chi connectivity index (χ4n) is 3.75. The van der Waals surface area contributed by atoms with Gasteiger partial charge in [-0.15, -0.1) is 0 Å². The fourth-order valence-corrected chi connectivity index (χ4v) is 3.75. The van der Waals surface area contributed by atoms with Gasteiger partial charge in [-0.1, -0.05) is 0 Å². The van der Waals surface area contributed by atoms with Gasteiger partial charge in [0, 0.05) is 50.2 Å². The van der Waals surface area contributed by atoms with Crippen molar-refractivity contribution < 1.29 is 19.1 Å². The highest BCUT2D eigenvalue weighted by molar-refractivity contribution is 6.39. The maximum atomic E-state index is 12.8. The molecular formula is C18H24N6O4. The molecule has 0 radical (unpaired) electrons. The van der Waals surface area contributed by atoms with Gasteiger partial charge < -0.3 is 15.0 Å². The van der Waals surface area contributed by atoms with Crippen LogP contribution in [0.2, 0.25) is 0 Å². The summed E-state index contributed by atoms with van der Waals surface area (Å²) in [5.41, 5.74) is 4.99. The van der Waals surface area contributed by atoms with E-state index in [1.165, 1.54) is 0 Å². The van der Waals surface area contributed by atoms with Gasteiger partial charge in [-0.2, -0.15) is 10.2 Å². The van der Waals surface area contributed by atoms with Crippen molar-refractivity contribution >= 4 is 23.4 Å². The molecule has 0 bridgehead atoms. The first-order valence-electron chi connectivity index (χ1n) is 9.72. The lowest BCUT2D eigenvalue weighted by Crippen LogP contribution is -2.38. The molecule has 1 fully saturated rings. The molecule has 4 heterocycles. The normalized spacial score (nSPS) is 19.1. The van der Waals surface area contributed by atoms with E-state index in [4.69, 9.17) is 4.74 Å². The maximum absolute atomic E-state index is 12.8. The first kappa shape index (κ1) is 18.6. The Morgan fingerprint density at radius 1 is 1.18 bits per heavy atom. The third-order valence-corrected chi connectivity index (χ3v) is 5.27. The number of hydrogen-bond donors (Lipinski definition) is 2. The molecule has 0 atom stereocenters. The second-order valence-electron chi connectivity index (χ2n) is 7.15. The average Bonchev–Trinajstić information content (AvgIpc) is 3.37. The number of aromatic nitrogens is 2. The Morgan fingerprint density at radius 2 is 2.00 bits per heavy atom. The molecule has 1 saturated heterocycles. The van der Waals surface area contributed by atoms with Gasteiger partial charge in [-0.25, -0.2) is 5.43 Å². The third-order valence-electron chi connectivity index (χ3n) is 5.27. The van der Waals surface area contributed by atoms with E-state index in [2.05, 4.69) is 20.9 Å². The van der Waals surface area contributed by atoms with Crippen LogP contribution in [0.4, 0.5) is 0 Å². The van der Waals surface area contributed by atoms with E-state index in [1.807, 2.05) is 9.58 Å². The number of likely N-dealkylation sites (tertiary alicyclic amines) is 1. The Kier molecular flexibility index (Phi) is 5.38. The van der Waals surface area contributed by atoms with Crippen molar-refractivity contribution in [3.63, 3.8) is 0 Å². The quantitative estimate of drug-likeness (QED) is 0.710. The molecule has 1 aromatic rings. The molecule has 0 saturated carbocycles. The first-order chi connectivity index (χ1) is 13.6. The SMILES string of the molecule is O=C1CCC(C(=O)NCCn2nc(C(=O)N3CCCC3)c3c2CCOC3)=NN1. The highest BCUT2D eigenvalue weighted by Gasteiger charge is 2.29. The number of nitrogens with one attached hydrogen (secondary N) is 2. The highest BCUT2D eigenvalue weighted by Crippen LogP contribution is 2.23. The lowest BCUT2D eigenvalue weighted by atomic mass is 10.1. The Morgan fingerprint density at radius 3 is 2.75 bits per heavy atom. The molecule has 4 rings (SSSR count). The van der Waals surface area contributed by atoms with Gasteiger partial charge in [0.2, 0.25) is 5.91 Å². The van der Waals surface area contributed by atoms with Crippen molar-refractivity contribution in [2.45, 2.75) is 45.3 Å². The Balaban J connectivity index is 1.42. The summed E-state index contributed by atoms with van der Waals surface area (Å²) in [6.07, 6.45) is 3.35. The van der Waals surface area contributed by atoms with Crippen molar-refractivity contribution in [3.05, 3.63) is 17.0 Å². The smallest absolute Gasteiger partial charge is 0.274 e. The monoisotopic (exact) mass is 388 g/mol. The van der Waals surface area contributed by atoms with E-state index in [-0.39, 0.29) is 24.1 Å². The zero-order valence-electron chi connectivity index (χ0n) is 15.7. The first-order valence-corrected chi connectivity index (χ1v) is 9.72. The maximum Gasteiger partial charge on any atom is 0.274 e. The number of hydrogen-bond acceptors (Lipinski definition) is 6. The number of nitrogens with zero attached hydrogens (tertiary/aromatic N) is 4. The average molecular weight is 388 g/mol. The number of amides is 3.